The highest BCUT2D eigenvalue weighted by atomic mass is 127. The summed E-state index contributed by atoms with van der Waals surface area (Å²) in [7, 11) is 1.97. The quantitative estimate of drug-likeness (QED) is 0.269. The van der Waals surface area contributed by atoms with Crippen LogP contribution in [0.2, 0.25) is 0 Å². The lowest BCUT2D eigenvalue weighted by molar-refractivity contribution is 0.677. The summed E-state index contributed by atoms with van der Waals surface area (Å²) in [5.41, 5.74) is 1.33. The van der Waals surface area contributed by atoms with Crippen molar-refractivity contribution >= 4 is 29.9 Å². The van der Waals surface area contributed by atoms with Crippen LogP contribution in [0.3, 0.4) is 0 Å². The number of nitrogens with zero attached hydrogens (tertiary/aromatic N) is 4. The second kappa shape index (κ2) is 11.9. The molecule has 1 heterocycles. The molecule has 1 atom stereocenters. The fourth-order valence-electron chi connectivity index (χ4n) is 2.45. The van der Waals surface area contributed by atoms with Crippen molar-refractivity contribution < 1.29 is 0 Å². The van der Waals surface area contributed by atoms with Gasteiger partial charge in [-0.3, -0.25) is 0 Å². The average molecular weight is 470 g/mol. The molecule has 26 heavy (non-hydrogen) atoms. The van der Waals surface area contributed by atoms with Gasteiger partial charge in [-0.05, 0) is 24.8 Å². The first kappa shape index (κ1) is 22.4. The van der Waals surface area contributed by atoms with Gasteiger partial charge in [0, 0.05) is 20.1 Å². The lowest BCUT2D eigenvalue weighted by Gasteiger charge is -2.16. The number of aromatic nitrogens is 3. The number of nitrogens with one attached hydrogen (secondary N) is 2. The molecule has 1 unspecified atom stereocenters. The monoisotopic (exact) mass is 470 g/mol. The van der Waals surface area contributed by atoms with Crippen molar-refractivity contribution in [2.24, 2.45) is 12.0 Å². The van der Waals surface area contributed by atoms with Gasteiger partial charge in [-0.25, -0.2) is 4.99 Å². The van der Waals surface area contributed by atoms with E-state index in [1.54, 1.807) is 0 Å². The third-order valence-electron chi connectivity index (χ3n) is 4.33. The van der Waals surface area contributed by atoms with Crippen LogP contribution < -0.4 is 10.6 Å². The Morgan fingerprint density at radius 3 is 2.54 bits per heavy atom. The highest BCUT2D eigenvalue weighted by molar-refractivity contribution is 14.0. The molecule has 0 aliphatic carbocycles. The molecular weight excluding hydrogens is 439 g/mol. The Hall–Kier alpha value is -1.64. The predicted octanol–water partition coefficient (Wildman–Crippen LogP) is 3.38. The van der Waals surface area contributed by atoms with Gasteiger partial charge >= 0.3 is 0 Å². The summed E-state index contributed by atoms with van der Waals surface area (Å²) < 4.78 is 1.97. The molecular formula is C19H31IN6. The van der Waals surface area contributed by atoms with E-state index in [9.17, 15) is 0 Å². The maximum absolute atomic E-state index is 4.68. The van der Waals surface area contributed by atoms with Crippen molar-refractivity contribution in [1.29, 1.82) is 0 Å². The topological polar surface area (TPSA) is 67.1 Å². The third kappa shape index (κ3) is 6.93. The Bertz CT molecular complexity index is 668. The number of benzene rings is 1. The Morgan fingerprint density at radius 2 is 1.92 bits per heavy atom. The minimum absolute atomic E-state index is 0. The van der Waals surface area contributed by atoms with E-state index in [-0.39, 0.29) is 24.0 Å². The second-order valence-corrected chi connectivity index (χ2v) is 6.36. The first-order valence-electron chi connectivity index (χ1n) is 9.03. The molecule has 0 radical (unpaired) electrons. The highest BCUT2D eigenvalue weighted by Gasteiger charge is 2.08. The molecule has 2 aromatic rings. The van der Waals surface area contributed by atoms with E-state index in [1.165, 1.54) is 5.56 Å². The van der Waals surface area contributed by atoms with Gasteiger partial charge in [0.2, 0.25) is 0 Å². The summed E-state index contributed by atoms with van der Waals surface area (Å²) in [5.74, 6) is 3.01. The normalized spacial score (nSPS) is 12.4. The van der Waals surface area contributed by atoms with Crippen molar-refractivity contribution in [3.05, 3.63) is 47.5 Å². The van der Waals surface area contributed by atoms with Crippen molar-refractivity contribution in [3.63, 3.8) is 0 Å². The fraction of sp³-hybridized carbons (Fsp3) is 0.526. The van der Waals surface area contributed by atoms with Gasteiger partial charge in [0.05, 0.1) is 0 Å². The second-order valence-electron chi connectivity index (χ2n) is 6.36. The Kier molecular flexibility index (Phi) is 10.2. The van der Waals surface area contributed by atoms with Crippen molar-refractivity contribution in [3.8, 4) is 0 Å². The molecule has 1 aromatic carbocycles. The summed E-state index contributed by atoms with van der Waals surface area (Å²) >= 11 is 0. The van der Waals surface area contributed by atoms with Crippen LogP contribution in [0.15, 0.2) is 35.3 Å². The molecule has 6 nitrogen and oxygen atoms in total. The number of aryl methyl sites for hydroxylation is 1. The summed E-state index contributed by atoms with van der Waals surface area (Å²) in [6.07, 6.45) is 2.28. The van der Waals surface area contributed by atoms with Crippen molar-refractivity contribution in [2.45, 2.75) is 46.1 Å². The molecule has 0 aliphatic heterocycles. The number of aliphatic imine (C=N–C) groups is 1. The van der Waals surface area contributed by atoms with Crippen LogP contribution in [0.25, 0.3) is 0 Å². The van der Waals surface area contributed by atoms with Crippen molar-refractivity contribution in [2.75, 3.05) is 13.1 Å². The SMILES string of the molecule is CCCCNC(=NCc1nnc(C)n1C)NCC(C)c1ccccc1.I. The minimum Gasteiger partial charge on any atom is -0.356 e. The van der Waals surface area contributed by atoms with Crippen LogP contribution in [0.4, 0.5) is 0 Å². The summed E-state index contributed by atoms with van der Waals surface area (Å²) in [6.45, 7) is 8.61. The van der Waals surface area contributed by atoms with Gasteiger partial charge < -0.3 is 15.2 Å². The number of halogens is 1. The summed E-state index contributed by atoms with van der Waals surface area (Å²) in [5, 5.41) is 15.1. The van der Waals surface area contributed by atoms with Gasteiger partial charge in [-0.1, -0.05) is 50.6 Å². The minimum atomic E-state index is 0. The van der Waals surface area contributed by atoms with Crippen LogP contribution in [-0.2, 0) is 13.6 Å². The third-order valence-corrected chi connectivity index (χ3v) is 4.33. The molecule has 144 valence electrons. The van der Waals surface area contributed by atoms with Crippen LogP contribution >= 0.6 is 24.0 Å². The zero-order valence-electron chi connectivity index (χ0n) is 16.2. The van der Waals surface area contributed by atoms with Crippen LogP contribution in [-0.4, -0.2) is 33.8 Å². The zero-order chi connectivity index (χ0) is 18.1. The van der Waals surface area contributed by atoms with E-state index in [2.05, 4.69) is 63.9 Å². The molecule has 0 bridgehead atoms. The summed E-state index contributed by atoms with van der Waals surface area (Å²) in [6, 6.07) is 10.5. The van der Waals surface area contributed by atoms with E-state index in [4.69, 9.17) is 0 Å². The van der Waals surface area contributed by atoms with E-state index in [0.29, 0.717) is 12.5 Å². The smallest absolute Gasteiger partial charge is 0.191 e. The molecule has 0 saturated carbocycles. The number of hydrogen-bond acceptors (Lipinski definition) is 3. The van der Waals surface area contributed by atoms with E-state index < -0.39 is 0 Å². The number of hydrogen-bond donors (Lipinski definition) is 2. The van der Waals surface area contributed by atoms with Crippen LogP contribution in [0.1, 0.15) is 49.8 Å². The van der Waals surface area contributed by atoms with Gasteiger partial charge in [0.15, 0.2) is 11.8 Å². The fourth-order valence-corrected chi connectivity index (χ4v) is 2.45. The van der Waals surface area contributed by atoms with Gasteiger partial charge in [0.25, 0.3) is 0 Å². The lowest BCUT2D eigenvalue weighted by Crippen LogP contribution is -2.39. The molecule has 0 saturated heterocycles. The number of rotatable bonds is 8. The molecule has 2 rings (SSSR count). The Balaban J connectivity index is 0.00000338. The molecule has 0 amide bonds. The van der Waals surface area contributed by atoms with Gasteiger partial charge in [-0.2, -0.15) is 0 Å². The first-order chi connectivity index (χ1) is 12.1. The molecule has 7 heteroatoms. The highest BCUT2D eigenvalue weighted by Crippen LogP contribution is 2.12. The van der Waals surface area contributed by atoms with Crippen LogP contribution in [0.5, 0.6) is 0 Å². The van der Waals surface area contributed by atoms with Crippen LogP contribution in [0, 0.1) is 6.92 Å². The molecule has 0 aliphatic rings. The van der Waals surface area contributed by atoms with Gasteiger partial charge in [-0.15, -0.1) is 34.2 Å². The molecule has 1 aromatic heterocycles. The van der Waals surface area contributed by atoms with E-state index in [0.717, 1.165) is 43.5 Å². The Labute approximate surface area is 173 Å². The van der Waals surface area contributed by atoms with E-state index in [1.807, 2.05) is 24.6 Å². The Morgan fingerprint density at radius 1 is 1.19 bits per heavy atom. The predicted molar refractivity (Wildman–Crippen MR) is 118 cm³/mol. The van der Waals surface area contributed by atoms with Gasteiger partial charge in [0.1, 0.15) is 12.4 Å². The maximum Gasteiger partial charge on any atom is 0.191 e. The molecule has 0 spiro atoms. The number of guanidine groups is 1. The summed E-state index contributed by atoms with van der Waals surface area (Å²) in [4.78, 5) is 4.68. The molecule has 2 N–H and O–H groups in total. The first-order valence-corrected chi connectivity index (χ1v) is 9.03. The maximum atomic E-state index is 4.68. The van der Waals surface area contributed by atoms with E-state index >= 15 is 0 Å². The largest absolute Gasteiger partial charge is 0.356 e. The zero-order valence-corrected chi connectivity index (χ0v) is 18.5. The average Bonchev–Trinajstić information content (AvgIpc) is 2.96. The molecule has 0 fully saturated rings. The lowest BCUT2D eigenvalue weighted by atomic mass is 10.0. The standard InChI is InChI=1S/C19H30N6.HI/c1-5-6-12-20-19(22-14-18-24-23-16(3)25(18)4)21-13-15(2)17-10-8-7-9-11-17;/h7-11,15H,5-6,12-14H2,1-4H3,(H2,20,21,22);1H. The number of unbranched alkanes of at least 4 members (excludes halogenated alkanes) is 1. The van der Waals surface area contributed by atoms with Crippen molar-refractivity contribution in [1.82, 2.24) is 25.4 Å².